The van der Waals surface area contributed by atoms with Crippen LogP contribution in [-0.2, 0) is 0 Å². The smallest absolute Gasteiger partial charge is 0.193 e. The van der Waals surface area contributed by atoms with Crippen LogP contribution >= 0.6 is 15.9 Å². The molecule has 0 bridgehead atoms. The van der Waals surface area contributed by atoms with Gasteiger partial charge in [0.2, 0.25) is 0 Å². The van der Waals surface area contributed by atoms with Crippen LogP contribution in [0.4, 0.5) is 0 Å². The van der Waals surface area contributed by atoms with E-state index in [1.165, 1.54) is 0 Å². The van der Waals surface area contributed by atoms with Gasteiger partial charge in [0.1, 0.15) is 11.5 Å². The molecule has 0 saturated heterocycles. The lowest BCUT2D eigenvalue weighted by molar-refractivity contribution is 0.103. The highest BCUT2D eigenvalue weighted by molar-refractivity contribution is 9.10. The zero-order valence-corrected chi connectivity index (χ0v) is 12.2. The predicted octanol–water partition coefficient (Wildman–Crippen LogP) is 3.70. The molecule has 0 heterocycles. The molecule has 0 spiro atoms. The zero-order valence-electron chi connectivity index (χ0n) is 10.6. The molecule has 0 saturated carbocycles. The van der Waals surface area contributed by atoms with Gasteiger partial charge in [-0.25, -0.2) is 0 Å². The normalized spacial score (nSPS) is 10.1. The summed E-state index contributed by atoms with van der Waals surface area (Å²) in [5, 5.41) is 0. The maximum Gasteiger partial charge on any atom is 0.193 e. The molecule has 0 aliphatic carbocycles. The van der Waals surface area contributed by atoms with Crippen molar-refractivity contribution >= 4 is 21.7 Å². The summed E-state index contributed by atoms with van der Waals surface area (Å²) < 4.78 is 11.3. The third-order valence-electron chi connectivity index (χ3n) is 2.72. The van der Waals surface area contributed by atoms with Crippen molar-refractivity contribution in [3.63, 3.8) is 0 Å². The number of halogens is 1. The van der Waals surface area contributed by atoms with E-state index in [9.17, 15) is 4.79 Å². The number of ketones is 1. The second-order valence-electron chi connectivity index (χ2n) is 3.94. The van der Waals surface area contributed by atoms with Crippen LogP contribution in [0.1, 0.15) is 15.9 Å². The number of carbonyl (C=O) groups is 1. The van der Waals surface area contributed by atoms with Crippen LogP contribution < -0.4 is 9.47 Å². The van der Waals surface area contributed by atoms with Crippen LogP contribution in [0.5, 0.6) is 11.5 Å². The van der Waals surface area contributed by atoms with Crippen molar-refractivity contribution in [2.75, 3.05) is 14.2 Å². The summed E-state index contributed by atoms with van der Waals surface area (Å²) in [5.74, 6) is 1.13. The number of benzene rings is 2. The summed E-state index contributed by atoms with van der Waals surface area (Å²) in [6.07, 6.45) is 0. The quantitative estimate of drug-likeness (QED) is 0.806. The lowest BCUT2D eigenvalue weighted by Gasteiger charge is -2.08. The first kappa shape index (κ1) is 13.6. The van der Waals surface area contributed by atoms with Gasteiger partial charge >= 0.3 is 0 Å². The van der Waals surface area contributed by atoms with Crippen LogP contribution in [0.15, 0.2) is 46.9 Å². The molecule has 0 aliphatic rings. The van der Waals surface area contributed by atoms with E-state index in [0.29, 0.717) is 22.6 Å². The molecule has 98 valence electrons. The van der Waals surface area contributed by atoms with Gasteiger partial charge in [0.05, 0.1) is 14.2 Å². The zero-order chi connectivity index (χ0) is 13.8. The Morgan fingerprint density at radius 2 is 1.42 bits per heavy atom. The molecular formula is C15H13BrO3. The van der Waals surface area contributed by atoms with Gasteiger partial charge in [-0.05, 0) is 36.4 Å². The number of hydrogen-bond acceptors (Lipinski definition) is 3. The van der Waals surface area contributed by atoms with Crippen molar-refractivity contribution < 1.29 is 14.3 Å². The molecule has 4 heteroatoms. The topological polar surface area (TPSA) is 35.5 Å². The number of carbonyl (C=O) groups excluding carboxylic acids is 1. The van der Waals surface area contributed by atoms with Crippen molar-refractivity contribution in [1.29, 1.82) is 0 Å². The number of methoxy groups -OCH3 is 2. The van der Waals surface area contributed by atoms with Crippen molar-refractivity contribution in [2.45, 2.75) is 0 Å². The fraction of sp³-hybridized carbons (Fsp3) is 0.133. The minimum Gasteiger partial charge on any atom is -0.497 e. The molecule has 0 atom stereocenters. The molecule has 2 rings (SSSR count). The summed E-state index contributed by atoms with van der Waals surface area (Å²) in [6.45, 7) is 0. The largest absolute Gasteiger partial charge is 0.497 e. The minimum atomic E-state index is -0.0651. The van der Waals surface area contributed by atoms with E-state index >= 15 is 0 Å². The van der Waals surface area contributed by atoms with Crippen LogP contribution in [0.25, 0.3) is 0 Å². The van der Waals surface area contributed by atoms with Crippen molar-refractivity contribution in [1.82, 2.24) is 0 Å². The van der Waals surface area contributed by atoms with Gasteiger partial charge in [0.25, 0.3) is 0 Å². The van der Waals surface area contributed by atoms with Crippen LogP contribution in [0.3, 0.4) is 0 Å². The van der Waals surface area contributed by atoms with Crippen molar-refractivity contribution in [3.8, 4) is 11.5 Å². The lowest BCUT2D eigenvalue weighted by Crippen LogP contribution is -2.02. The third-order valence-corrected chi connectivity index (χ3v) is 3.25. The highest BCUT2D eigenvalue weighted by Crippen LogP contribution is 2.24. The van der Waals surface area contributed by atoms with Gasteiger partial charge in [-0.15, -0.1) is 0 Å². The summed E-state index contributed by atoms with van der Waals surface area (Å²) in [4.78, 5) is 12.4. The van der Waals surface area contributed by atoms with E-state index in [0.717, 1.165) is 4.47 Å². The first-order valence-corrected chi connectivity index (χ1v) is 6.46. The summed E-state index contributed by atoms with van der Waals surface area (Å²) >= 11 is 3.35. The molecule has 2 aromatic rings. The first-order valence-electron chi connectivity index (χ1n) is 5.67. The number of rotatable bonds is 4. The van der Waals surface area contributed by atoms with E-state index in [4.69, 9.17) is 9.47 Å². The monoisotopic (exact) mass is 320 g/mol. The maximum atomic E-state index is 12.4. The van der Waals surface area contributed by atoms with Crippen molar-refractivity contribution in [3.05, 3.63) is 58.1 Å². The Labute approximate surface area is 120 Å². The van der Waals surface area contributed by atoms with Gasteiger partial charge in [-0.1, -0.05) is 15.9 Å². The average molecular weight is 321 g/mol. The van der Waals surface area contributed by atoms with Crippen LogP contribution in [0, 0.1) is 0 Å². The Morgan fingerprint density at radius 3 is 1.89 bits per heavy atom. The first-order chi connectivity index (χ1) is 9.13. The molecule has 0 amide bonds. The van der Waals surface area contributed by atoms with E-state index in [1.54, 1.807) is 44.6 Å². The van der Waals surface area contributed by atoms with Gasteiger partial charge in [-0.3, -0.25) is 4.79 Å². The molecule has 0 aromatic heterocycles. The Kier molecular flexibility index (Phi) is 4.22. The third kappa shape index (κ3) is 3.15. The summed E-state index contributed by atoms with van der Waals surface area (Å²) in [5.41, 5.74) is 1.16. The van der Waals surface area contributed by atoms with Gasteiger partial charge in [-0.2, -0.15) is 0 Å². The van der Waals surface area contributed by atoms with Crippen LogP contribution in [0.2, 0.25) is 0 Å². The number of ether oxygens (including phenoxy) is 2. The van der Waals surface area contributed by atoms with Gasteiger partial charge in [0.15, 0.2) is 5.78 Å². The Bertz CT molecular complexity index is 569. The van der Waals surface area contributed by atoms with E-state index in [1.807, 2.05) is 12.1 Å². The molecule has 0 N–H and O–H groups in total. The molecule has 0 aliphatic heterocycles. The average Bonchev–Trinajstić information content (AvgIpc) is 2.46. The fourth-order valence-corrected chi connectivity index (χ4v) is 1.97. The molecule has 0 fully saturated rings. The summed E-state index contributed by atoms with van der Waals surface area (Å²) in [7, 11) is 3.12. The van der Waals surface area contributed by atoms with Gasteiger partial charge < -0.3 is 9.47 Å². The standard InChI is InChI=1S/C15H13BrO3/c1-18-13-7-11(8-14(9-13)19-2)15(17)10-3-5-12(16)6-4-10/h3-9H,1-2H3. The second-order valence-corrected chi connectivity index (χ2v) is 4.85. The second kappa shape index (κ2) is 5.89. The van der Waals surface area contributed by atoms with Gasteiger partial charge in [0, 0.05) is 21.7 Å². The van der Waals surface area contributed by atoms with E-state index in [-0.39, 0.29) is 5.78 Å². The molecule has 3 nitrogen and oxygen atoms in total. The van der Waals surface area contributed by atoms with E-state index in [2.05, 4.69) is 15.9 Å². The number of hydrogen-bond donors (Lipinski definition) is 0. The predicted molar refractivity (Wildman–Crippen MR) is 77.1 cm³/mol. The highest BCUT2D eigenvalue weighted by Gasteiger charge is 2.12. The molecule has 0 radical (unpaired) electrons. The molecular weight excluding hydrogens is 308 g/mol. The molecule has 2 aromatic carbocycles. The molecule has 19 heavy (non-hydrogen) atoms. The lowest BCUT2D eigenvalue weighted by atomic mass is 10.0. The summed E-state index contributed by atoms with van der Waals surface area (Å²) in [6, 6.07) is 12.4. The highest BCUT2D eigenvalue weighted by atomic mass is 79.9. The Morgan fingerprint density at radius 1 is 0.895 bits per heavy atom. The minimum absolute atomic E-state index is 0.0651. The fourth-order valence-electron chi connectivity index (χ4n) is 1.71. The Hall–Kier alpha value is -1.81. The SMILES string of the molecule is COc1cc(OC)cc(C(=O)c2ccc(Br)cc2)c1. The molecule has 0 unspecified atom stereocenters. The van der Waals surface area contributed by atoms with Crippen LogP contribution in [-0.4, -0.2) is 20.0 Å². The maximum absolute atomic E-state index is 12.4. The van der Waals surface area contributed by atoms with E-state index < -0.39 is 0 Å². The Balaban J connectivity index is 2.40. The van der Waals surface area contributed by atoms with Crippen molar-refractivity contribution in [2.24, 2.45) is 0 Å².